The van der Waals surface area contributed by atoms with Crippen molar-refractivity contribution in [3.63, 3.8) is 0 Å². The lowest BCUT2D eigenvalue weighted by molar-refractivity contribution is -0.119. The quantitative estimate of drug-likeness (QED) is 0.0366. The van der Waals surface area contributed by atoms with Crippen LogP contribution in [0.4, 0.5) is 0 Å². The minimum atomic E-state index is -0.413. The first kappa shape index (κ1) is 40.7. The molecule has 47 heavy (non-hydrogen) atoms. The van der Waals surface area contributed by atoms with E-state index in [1.54, 1.807) is 0 Å². The molecule has 0 bridgehead atoms. The maximum absolute atomic E-state index is 11.2. The Kier molecular flexibility index (Phi) is 22.1. The molecule has 1 aliphatic rings. The molecule has 260 valence electrons. The van der Waals surface area contributed by atoms with E-state index in [-0.39, 0.29) is 5.57 Å². The number of rotatable bonds is 28. The molecule has 11 heteroatoms. The van der Waals surface area contributed by atoms with E-state index in [9.17, 15) is 15.3 Å². The summed E-state index contributed by atoms with van der Waals surface area (Å²) in [5, 5.41) is 18.7. The Hall–Kier alpha value is -2.51. The van der Waals surface area contributed by atoms with Crippen LogP contribution >= 0.6 is 23.5 Å². The second-order valence-electron chi connectivity index (χ2n) is 11.4. The molecule has 0 spiro atoms. The van der Waals surface area contributed by atoms with Crippen LogP contribution in [0.25, 0.3) is 0 Å². The van der Waals surface area contributed by atoms with Gasteiger partial charge in [0.2, 0.25) is 0 Å². The van der Waals surface area contributed by atoms with E-state index in [1.165, 1.54) is 29.9 Å². The van der Waals surface area contributed by atoms with Crippen LogP contribution in [0, 0.1) is 29.6 Å². The summed E-state index contributed by atoms with van der Waals surface area (Å²) in [5.74, 6) is 1.61. The number of nitrogens with zero attached hydrogens (tertiary/aromatic N) is 2. The first-order valence-electron chi connectivity index (χ1n) is 16.7. The van der Waals surface area contributed by atoms with E-state index in [1.807, 2.05) is 32.1 Å². The number of ether oxygens (including phenoxy) is 6. The molecule has 0 saturated heterocycles. The number of carbonyl (C=O) groups excluding carboxylic acids is 1. The van der Waals surface area contributed by atoms with Crippen LogP contribution in [0.5, 0.6) is 11.5 Å². The lowest BCUT2D eigenvalue weighted by Crippen LogP contribution is -2.18. The summed E-state index contributed by atoms with van der Waals surface area (Å²) in [6.07, 6.45) is 10.2. The summed E-state index contributed by atoms with van der Waals surface area (Å²) in [6.45, 7) is 15.1. The van der Waals surface area contributed by atoms with Crippen LogP contribution in [-0.2, 0) is 23.7 Å². The zero-order valence-electron chi connectivity index (χ0n) is 28.4. The summed E-state index contributed by atoms with van der Waals surface area (Å²) in [6, 6.07) is 6.02. The van der Waals surface area contributed by atoms with Crippen LogP contribution in [-0.4, -0.2) is 71.9 Å². The molecule has 0 saturated carbocycles. The van der Waals surface area contributed by atoms with Gasteiger partial charge in [0.05, 0.1) is 47.1 Å². The number of hydrogen-bond acceptors (Lipinski definition) is 11. The normalized spacial score (nSPS) is 12.7. The topological polar surface area (TPSA) is 120 Å². The Morgan fingerprint density at radius 3 is 2.13 bits per heavy atom. The molecule has 1 atom stereocenters. The molecular weight excluding hydrogens is 637 g/mol. The average molecular weight is 689 g/mol. The molecule has 0 aliphatic carbocycles. The van der Waals surface area contributed by atoms with Crippen LogP contribution in [0.3, 0.4) is 0 Å². The number of thioether (sulfide) groups is 2. The lowest BCUT2D eigenvalue weighted by Gasteiger charge is -2.16. The Morgan fingerprint density at radius 2 is 1.47 bits per heavy atom. The zero-order valence-corrected chi connectivity index (χ0v) is 30.1. The van der Waals surface area contributed by atoms with Crippen molar-refractivity contribution in [3.05, 3.63) is 33.6 Å². The van der Waals surface area contributed by atoms with Crippen molar-refractivity contribution < 1.29 is 33.2 Å². The number of nitriles is 2. The third-order valence-electron chi connectivity index (χ3n) is 6.96. The fourth-order valence-corrected chi connectivity index (χ4v) is 7.16. The highest BCUT2D eigenvalue weighted by atomic mass is 32.2. The van der Waals surface area contributed by atoms with E-state index in [0.29, 0.717) is 63.5 Å². The smallest absolute Gasteiger partial charge is 0.150 e. The van der Waals surface area contributed by atoms with Gasteiger partial charge in [0.15, 0.2) is 0 Å². The van der Waals surface area contributed by atoms with Gasteiger partial charge in [-0.05, 0) is 64.0 Å². The standard InChI is InChI=1S/C36H52N2O7S2/c1-5-15-45-33-29(4)23-32(34-35(33)47-36(46-34)30(24-37)25-38)44-20-11-9-7-6-8-10-16-40-18-13-19-41-17-12-14-31(26-39)43-22-21-42-27-28(2)3/h23,26,31H,2,5-22,27H2,1,3-4H3. The molecule has 1 aliphatic heterocycles. The number of benzene rings is 1. The van der Waals surface area contributed by atoms with Crippen LogP contribution in [0.1, 0.15) is 83.6 Å². The number of unbranched alkanes of at least 4 members (excludes halogenated alkanes) is 5. The fraction of sp³-hybridized carbons (Fsp3) is 0.639. The van der Waals surface area contributed by atoms with Crippen molar-refractivity contribution in [3.8, 4) is 23.6 Å². The molecule has 2 rings (SSSR count). The second kappa shape index (κ2) is 25.5. The van der Waals surface area contributed by atoms with Gasteiger partial charge in [0, 0.05) is 26.4 Å². The van der Waals surface area contributed by atoms with Gasteiger partial charge in [-0.15, -0.1) is 0 Å². The van der Waals surface area contributed by atoms with Gasteiger partial charge in [-0.1, -0.05) is 68.3 Å². The Bertz CT molecular complexity index is 1190. The summed E-state index contributed by atoms with van der Waals surface area (Å²) in [5.41, 5.74) is 2.08. The lowest BCUT2D eigenvalue weighted by atomic mass is 10.1. The van der Waals surface area contributed by atoms with Crippen molar-refractivity contribution >= 4 is 29.8 Å². The Balaban J connectivity index is 1.49. The zero-order chi connectivity index (χ0) is 34.1. The number of hydrogen-bond donors (Lipinski definition) is 0. The van der Waals surface area contributed by atoms with Gasteiger partial charge in [0.25, 0.3) is 0 Å². The van der Waals surface area contributed by atoms with Gasteiger partial charge in [-0.3, -0.25) is 0 Å². The van der Waals surface area contributed by atoms with Crippen LogP contribution in [0.15, 0.2) is 37.8 Å². The van der Waals surface area contributed by atoms with Crippen molar-refractivity contribution in [2.45, 2.75) is 101 Å². The minimum absolute atomic E-state index is 0.122. The van der Waals surface area contributed by atoms with Crippen molar-refractivity contribution in [2.75, 3.05) is 59.5 Å². The molecule has 0 N–H and O–H groups in total. The van der Waals surface area contributed by atoms with E-state index in [0.717, 1.165) is 96.7 Å². The third kappa shape index (κ3) is 16.4. The Morgan fingerprint density at radius 1 is 0.830 bits per heavy atom. The maximum Gasteiger partial charge on any atom is 0.150 e. The van der Waals surface area contributed by atoms with E-state index in [2.05, 4.69) is 13.5 Å². The summed E-state index contributed by atoms with van der Waals surface area (Å²) < 4.78 is 35.2. The van der Waals surface area contributed by atoms with E-state index < -0.39 is 6.10 Å². The molecule has 0 fully saturated rings. The second-order valence-corrected chi connectivity index (χ2v) is 13.7. The predicted octanol–water partition coefficient (Wildman–Crippen LogP) is 8.34. The molecule has 1 aromatic carbocycles. The van der Waals surface area contributed by atoms with Gasteiger partial charge in [0.1, 0.15) is 41.6 Å². The first-order valence-corrected chi connectivity index (χ1v) is 18.4. The van der Waals surface area contributed by atoms with Gasteiger partial charge >= 0.3 is 0 Å². The van der Waals surface area contributed by atoms with Gasteiger partial charge < -0.3 is 33.2 Å². The van der Waals surface area contributed by atoms with Crippen LogP contribution in [0.2, 0.25) is 0 Å². The van der Waals surface area contributed by atoms with Gasteiger partial charge in [-0.25, -0.2) is 0 Å². The molecule has 0 amide bonds. The molecule has 1 aromatic rings. The summed E-state index contributed by atoms with van der Waals surface area (Å²) in [7, 11) is 0. The molecule has 1 heterocycles. The predicted molar refractivity (Wildman–Crippen MR) is 187 cm³/mol. The third-order valence-corrected chi connectivity index (χ3v) is 9.58. The van der Waals surface area contributed by atoms with E-state index >= 15 is 0 Å². The number of aryl methyl sites for hydroxylation is 1. The number of fused-ring (bicyclic) bond motifs is 1. The molecule has 9 nitrogen and oxygen atoms in total. The minimum Gasteiger partial charge on any atom is -0.492 e. The molecular formula is C36H52N2O7S2. The monoisotopic (exact) mass is 688 g/mol. The summed E-state index contributed by atoms with van der Waals surface area (Å²) >= 11 is 2.85. The maximum atomic E-state index is 11.2. The first-order chi connectivity index (χ1) is 22.9. The molecule has 0 aromatic heterocycles. The average Bonchev–Trinajstić information content (AvgIpc) is 3.50. The van der Waals surface area contributed by atoms with Crippen molar-refractivity contribution in [1.29, 1.82) is 10.5 Å². The number of allylic oxidation sites excluding steroid dienone is 1. The summed E-state index contributed by atoms with van der Waals surface area (Å²) in [4.78, 5) is 13.0. The van der Waals surface area contributed by atoms with Crippen molar-refractivity contribution in [1.82, 2.24) is 0 Å². The van der Waals surface area contributed by atoms with E-state index in [4.69, 9.17) is 28.4 Å². The number of carbonyl (C=O) groups is 1. The van der Waals surface area contributed by atoms with Crippen molar-refractivity contribution in [2.24, 2.45) is 0 Å². The molecule has 1 unspecified atom stereocenters. The Labute approximate surface area is 290 Å². The highest BCUT2D eigenvalue weighted by Crippen LogP contribution is 2.59. The molecule has 0 radical (unpaired) electrons. The highest BCUT2D eigenvalue weighted by molar-refractivity contribution is 8.24. The SMILES string of the molecule is C=C(C)COCCOC(C=O)CCCOCCCOCCCCCCCCOc1cc(C)c(OCCC)c2c1SC(=C(C#N)C#N)S2. The number of aldehydes is 1. The van der Waals surface area contributed by atoms with Crippen LogP contribution < -0.4 is 9.47 Å². The fourth-order valence-electron chi connectivity index (χ4n) is 4.57. The largest absolute Gasteiger partial charge is 0.492 e. The van der Waals surface area contributed by atoms with Gasteiger partial charge in [-0.2, -0.15) is 10.5 Å². The highest BCUT2D eigenvalue weighted by Gasteiger charge is 2.30.